The van der Waals surface area contributed by atoms with Crippen LogP contribution in [0, 0.1) is 0 Å². The Hall–Kier alpha value is -6.01. The van der Waals surface area contributed by atoms with Gasteiger partial charge in [-0.25, -0.2) is 14.4 Å². The highest BCUT2D eigenvalue weighted by atomic mass is 19.1. The minimum Gasteiger partial charge on any atom is -0.384 e. The van der Waals surface area contributed by atoms with Crippen LogP contribution in [-0.4, -0.2) is 130 Å². The van der Waals surface area contributed by atoms with Crippen molar-refractivity contribution >= 4 is 63.7 Å². The summed E-state index contributed by atoms with van der Waals surface area (Å²) in [5.41, 5.74) is 2.68. The third-order valence-electron chi connectivity index (χ3n) is 13.5. The number of ether oxygens (including phenoxy) is 1. The molecule has 5 aliphatic rings. The lowest BCUT2D eigenvalue weighted by atomic mass is 10.0. The quantitative estimate of drug-likeness (QED) is 0.0908. The number of carbonyl (C=O) groups excluding carboxylic acids is 5. The van der Waals surface area contributed by atoms with E-state index in [-0.39, 0.29) is 42.5 Å². The zero-order valence-corrected chi connectivity index (χ0v) is 36.2. The number of nitrogens with one attached hydrogen (secondary N) is 4. The van der Waals surface area contributed by atoms with Gasteiger partial charge in [0.25, 0.3) is 17.7 Å². The Kier molecular flexibility index (Phi) is 12.8. The van der Waals surface area contributed by atoms with E-state index < -0.39 is 41.9 Å². The number of amides is 5. The summed E-state index contributed by atoms with van der Waals surface area (Å²) in [6, 6.07) is 8.22. The maximum atomic E-state index is 14.6. The fourth-order valence-corrected chi connectivity index (χ4v) is 10.00. The summed E-state index contributed by atoms with van der Waals surface area (Å²) in [5, 5.41) is 13.0. The number of halogens is 1. The summed E-state index contributed by atoms with van der Waals surface area (Å²) in [6.07, 6.45) is 13.6. The molecule has 0 radical (unpaired) electrons. The third kappa shape index (κ3) is 9.02. The zero-order chi connectivity index (χ0) is 44.3. The Morgan fingerprint density at radius 3 is 2.55 bits per heavy atom. The molecule has 1 aliphatic carbocycles. The van der Waals surface area contributed by atoms with Crippen molar-refractivity contribution < 1.29 is 33.1 Å². The van der Waals surface area contributed by atoms with E-state index in [1.807, 2.05) is 17.2 Å². The zero-order valence-electron chi connectivity index (χ0n) is 36.2. The molecule has 18 heteroatoms. The minimum absolute atomic E-state index is 0.0692. The Labute approximate surface area is 370 Å². The Morgan fingerprint density at radius 1 is 0.938 bits per heavy atom. The molecular formula is C46H56FN11O6. The maximum absolute atomic E-state index is 14.6. The van der Waals surface area contributed by atoms with E-state index in [2.05, 4.69) is 40.7 Å². The van der Waals surface area contributed by atoms with Gasteiger partial charge in [-0.05, 0) is 76.1 Å². The molecule has 7 heterocycles. The van der Waals surface area contributed by atoms with Gasteiger partial charge in [0, 0.05) is 87.5 Å². The van der Waals surface area contributed by atoms with Gasteiger partial charge in [0.05, 0.1) is 34.9 Å². The number of nitrogens with zero attached hydrogens (tertiary/aromatic N) is 7. The number of alkyl halides is 1. The number of rotatable bonds is 15. The van der Waals surface area contributed by atoms with Crippen LogP contribution in [0.5, 0.6) is 0 Å². The first-order valence-corrected chi connectivity index (χ1v) is 22.8. The number of carbonyl (C=O) groups is 5. The molecule has 1 unspecified atom stereocenters. The number of hydrogen-bond donors (Lipinski definition) is 4. The number of likely N-dealkylation sites (tertiary alicyclic amines) is 1. The van der Waals surface area contributed by atoms with Crippen LogP contribution in [0.2, 0.25) is 0 Å². The monoisotopic (exact) mass is 877 g/mol. The smallest absolute Gasteiger partial charge is 0.264 e. The largest absolute Gasteiger partial charge is 0.384 e. The second-order valence-electron chi connectivity index (χ2n) is 17.6. The fraction of sp³-hybridized carbons (Fsp3) is 0.522. The van der Waals surface area contributed by atoms with Crippen LogP contribution < -0.4 is 26.2 Å². The molecule has 5 amide bonds. The predicted molar refractivity (Wildman–Crippen MR) is 237 cm³/mol. The molecule has 4 N–H and O–H groups in total. The van der Waals surface area contributed by atoms with E-state index in [9.17, 15) is 28.4 Å². The minimum atomic E-state index is -1.12. The number of anilines is 4. The van der Waals surface area contributed by atoms with E-state index in [0.29, 0.717) is 54.4 Å². The molecule has 3 saturated heterocycles. The summed E-state index contributed by atoms with van der Waals surface area (Å²) in [6.45, 7) is 4.12. The molecule has 0 bridgehead atoms. The van der Waals surface area contributed by atoms with Crippen molar-refractivity contribution in [1.29, 1.82) is 0 Å². The Bertz CT molecular complexity index is 2410. The molecule has 338 valence electrons. The molecule has 4 aromatic rings. The van der Waals surface area contributed by atoms with Crippen molar-refractivity contribution in [1.82, 2.24) is 40.0 Å². The first kappa shape index (κ1) is 43.3. The van der Waals surface area contributed by atoms with Crippen LogP contribution in [0.3, 0.4) is 0 Å². The van der Waals surface area contributed by atoms with Crippen LogP contribution in [0.4, 0.5) is 27.7 Å². The summed E-state index contributed by atoms with van der Waals surface area (Å²) in [5.74, 6) is -0.549. The summed E-state index contributed by atoms with van der Waals surface area (Å²) >= 11 is 0. The van der Waals surface area contributed by atoms with Crippen LogP contribution in [0.25, 0.3) is 10.9 Å². The Morgan fingerprint density at radius 2 is 1.77 bits per heavy atom. The van der Waals surface area contributed by atoms with Crippen molar-refractivity contribution in [2.24, 2.45) is 0 Å². The highest BCUT2D eigenvalue weighted by Crippen LogP contribution is 2.36. The average molecular weight is 878 g/mol. The number of piperidine rings is 3. The molecule has 17 nitrogen and oxygen atoms in total. The number of pyridine rings is 1. The predicted octanol–water partition coefficient (Wildman–Crippen LogP) is 5.13. The highest BCUT2D eigenvalue weighted by Gasteiger charge is 2.45. The number of unbranched alkanes of at least 4 members (excludes halogenated alkanes) is 2. The molecule has 1 saturated carbocycles. The van der Waals surface area contributed by atoms with E-state index >= 15 is 0 Å². The van der Waals surface area contributed by atoms with E-state index in [4.69, 9.17) is 9.72 Å². The van der Waals surface area contributed by atoms with Crippen molar-refractivity contribution in [3.05, 3.63) is 65.6 Å². The van der Waals surface area contributed by atoms with Gasteiger partial charge >= 0.3 is 0 Å². The van der Waals surface area contributed by atoms with E-state index in [1.165, 1.54) is 7.11 Å². The third-order valence-corrected chi connectivity index (χ3v) is 13.5. The van der Waals surface area contributed by atoms with Gasteiger partial charge in [-0.3, -0.25) is 34.2 Å². The van der Waals surface area contributed by atoms with Gasteiger partial charge in [0.15, 0.2) is 0 Å². The van der Waals surface area contributed by atoms with Gasteiger partial charge in [-0.1, -0.05) is 25.3 Å². The average Bonchev–Trinajstić information content (AvgIpc) is 4.03. The van der Waals surface area contributed by atoms with Crippen molar-refractivity contribution in [3.8, 4) is 0 Å². The molecule has 1 aromatic carbocycles. The number of methoxy groups -OCH3 is 1. The van der Waals surface area contributed by atoms with Crippen molar-refractivity contribution in [3.63, 3.8) is 0 Å². The number of fused-ring (bicyclic) bond motifs is 2. The topological polar surface area (TPSA) is 196 Å². The van der Waals surface area contributed by atoms with Crippen molar-refractivity contribution in [2.75, 3.05) is 61.9 Å². The van der Waals surface area contributed by atoms with Gasteiger partial charge in [-0.15, -0.1) is 0 Å². The van der Waals surface area contributed by atoms with Gasteiger partial charge in [-0.2, -0.15) is 4.98 Å². The number of aromatic nitrogens is 4. The molecule has 0 spiro atoms. The van der Waals surface area contributed by atoms with E-state index in [1.54, 1.807) is 36.7 Å². The van der Waals surface area contributed by atoms with Crippen LogP contribution in [-0.2, 0) is 14.3 Å². The second kappa shape index (κ2) is 19.0. The first-order valence-electron chi connectivity index (χ1n) is 22.8. The standard InChI is InChI=1S/C46H56FN11O6/c1-64-37-17-23-56(27-33(37)47)46-49-19-14-38(53-46)52-39-24-36-31(25-50-39)32(26-57(36)29-8-3-4-9-29)42(60)51-28-15-21-55(22-16-28)20-6-2-5-18-48-34-11-7-10-30-41(34)45(63)58(44(30)62)35-12-13-40(59)54-43(35)61/h7,10-11,14,19,24-26,28-29,33,35,37,48H,2-6,8-9,12-13,15-18,20-23,27H2,1H3,(H,51,60)(H,54,59,61)(H,49,50,52,53)/t33-,35?,37+/m1/s1. The fourth-order valence-electron chi connectivity index (χ4n) is 10.00. The summed E-state index contributed by atoms with van der Waals surface area (Å²) in [7, 11) is 1.54. The lowest BCUT2D eigenvalue weighted by Gasteiger charge is -2.33. The molecule has 4 aliphatic heterocycles. The SMILES string of the molecule is CO[C@H]1CCN(c2nccc(Nc3cc4c(cn3)c(C(=O)NC3CCN(CCCCCNc5cccc6c5C(=O)N(C5CCC(=O)NC5=O)C6=O)CC3)cn4C3CCCC3)n2)C[C@H]1F. The van der Waals surface area contributed by atoms with Gasteiger partial charge in [0.2, 0.25) is 17.8 Å². The summed E-state index contributed by atoms with van der Waals surface area (Å²) < 4.78 is 22.2. The van der Waals surface area contributed by atoms with Gasteiger partial charge < -0.3 is 35.1 Å². The highest BCUT2D eigenvalue weighted by molar-refractivity contribution is 6.25. The number of imide groups is 2. The lowest BCUT2D eigenvalue weighted by Crippen LogP contribution is -2.54. The van der Waals surface area contributed by atoms with Crippen molar-refractivity contribution in [2.45, 2.75) is 107 Å². The molecule has 64 heavy (non-hydrogen) atoms. The number of benzene rings is 1. The van der Waals surface area contributed by atoms with E-state index in [0.717, 1.165) is 93.2 Å². The molecule has 3 atom stereocenters. The molecule has 9 rings (SSSR count). The second-order valence-corrected chi connectivity index (χ2v) is 17.6. The lowest BCUT2D eigenvalue weighted by molar-refractivity contribution is -0.136. The van der Waals surface area contributed by atoms with Crippen LogP contribution in [0.15, 0.2) is 48.9 Å². The normalized spacial score (nSPS) is 22.3. The molecule has 4 fully saturated rings. The van der Waals surface area contributed by atoms with Crippen LogP contribution in [0.1, 0.15) is 114 Å². The van der Waals surface area contributed by atoms with Gasteiger partial charge in [0.1, 0.15) is 23.8 Å². The molecule has 3 aromatic heterocycles. The van der Waals surface area contributed by atoms with Crippen LogP contribution >= 0.6 is 0 Å². The maximum Gasteiger partial charge on any atom is 0.264 e. The first-order chi connectivity index (χ1) is 31.1. The summed E-state index contributed by atoms with van der Waals surface area (Å²) in [4.78, 5) is 83.7. The molecular weight excluding hydrogens is 822 g/mol. The Balaban J connectivity index is 0.748. The number of hydrogen-bond acceptors (Lipinski definition) is 13.